The lowest BCUT2D eigenvalue weighted by Crippen LogP contribution is -2.46. The molecule has 1 aliphatic heterocycles. The Balaban J connectivity index is 1.93. The molecule has 0 unspecified atom stereocenters. The number of hydrogen-bond donors (Lipinski definition) is 0. The van der Waals surface area contributed by atoms with Gasteiger partial charge >= 0.3 is 0 Å². The van der Waals surface area contributed by atoms with E-state index in [1.54, 1.807) is 47.4 Å². The van der Waals surface area contributed by atoms with Crippen molar-refractivity contribution in [3.05, 3.63) is 60.2 Å². The maximum atomic E-state index is 13.3. The van der Waals surface area contributed by atoms with Crippen molar-refractivity contribution < 1.29 is 13.2 Å². The maximum absolute atomic E-state index is 13.3. The quantitative estimate of drug-likeness (QED) is 0.791. The Bertz CT molecular complexity index is 879. The largest absolute Gasteiger partial charge is 0.341 e. The fraction of sp³-hybridized carbons (Fsp3) is 0.381. The first-order chi connectivity index (χ1) is 12.9. The number of hydrogen-bond acceptors (Lipinski definition) is 3. The molecule has 0 radical (unpaired) electrons. The van der Waals surface area contributed by atoms with Crippen LogP contribution in [0.5, 0.6) is 0 Å². The summed E-state index contributed by atoms with van der Waals surface area (Å²) < 4.78 is 27.7. The monoisotopic (exact) mass is 386 g/mol. The van der Waals surface area contributed by atoms with Crippen LogP contribution in [0.4, 0.5) is 5.69 Å². The number of anilines is 1. The molecule has 1 aliphatic rings. The van der Waals surface area contributed by atoms with Crippen LogP contribution in [0.1, 0.15) is 25.3 Å². The first-order valence-corrected chi connectivity index (χ1v) is 10.7. The molecule has 1 heterocycles. The number of nitrogens with zero attached hydrogens (tertiary/aromatic N) is 2. The summed E-state index contributed by atoms with van der Waals surface area (Å²) in [5.41, 5.74) is 1.54. The van der Waals surface area contributed by atoms with Crippen molar-refractivity contribution in [1.29, 1.82) is 0 Å². The van der Waals surface area contributed by atoms with Gasteiger partial charge in [0.15, 0.2) is 0 Å². The number of sulfonamides is 1. The second-order valence-corrected chi connectivity index (χ2v) is 9.11. The van der Waals surface area contributed by atoms with E-state index in [1.807, 2.05) is 19.1 Å². The predicted molar refractivity (Wildman–Crippen MR) is 107 cm³/mol. The van der Waals surface area contributed by atoms with E-state index < -0.39 is 10.0 Å². The summed E-state index contributed by atoms with van der Waals surface area (Å²) in [4.78, 5) is 14.9. The molecule has 0 saturated carbocycles. The van der Waals surface area contributed by atoms with Crippen molar-refractivity contribution in [1.82, 2.24) is 4.90 Å². The van der Waals surface area contributed by atoms with E-state index >= 15 is 0 Å². The highest BCUT2D eigenvalue weighted by Crippen LogP contribution is 2.25. The van der Waals surface area contributed by atoms with Gasteiger partial charge in [0.25, 0.3) is 10.0 Å². The molecule has 3 rings (SSSR count). The third kappa shape index (κ3) is 4.50. The molecule has 5 nitrogen and oxygen atoms in total. The molecule has 6 heteroatoms. The lowest BCUT2D eigenvalue weighted by molar-refractivity contribution is -0.131. The van der Waals surface area contributed by atoms with Crippen molar-refractivity contribution in [3.8, 4) is 0 Å². The summed E-state index contributed by atoms with van der Waals surface area (Å²) in [6, 6.07) is 15.5. The Morgan fingerprint density at radius 2 is 1.78 bits per heavy atom. The van der Waals surface area contributed by atoms with E-state index in [9.17, 15) is 13.2 Å². The van der Waals surface area contributed by atoms with Crippen molar-refractivity contribution >= 4 is 21.6 Å². The normalized spacial score (nSPS) is 17.6. The van der Waals surface area contributed by atoms with Crippen LogP contribution in [0.2, 0.25) is 0 Å². The molecule has 0 spiro atoms. The minimum Gasteiger partial charge on any atom is -0.341 e. The minimum atomic E-state index is -3.83. The van der Waals surface area contributed by atoms with Crippen LogP contribution in [0.3, 0.4) is 0 Å². The van der Waals surface area contributed by atoms with Gasteiger partial charge in [0.05, 0.1) is 10.6 Å². The Labute approximate surface area is 161 Å². The molecule has 1 amide bonds. The summed E-state index contributed by atoms with van der Waals surface area (Å²) in [6.45, 7) is 5.26. The summed E-state index contributed by atoms with van der Waals surface area (Å²) in [5, 5.41) is 0. The summed E-state index contributed by atoms with van der Waals surface area (Å²) in [5.74, 6) is 0.294. The van der Waals surface area contributed by atoms with Crippen molar-refractivity contribution in [2.24, 2.45) is 5.92 Å². The number of likely N-dealkylation sites (tertiary alicyclic amines) is 1. The summed E-state index contributed by atoms with van der Waals surface area (Å²) in [6.07, 6.45) is 2.07. The zero-order chi connectivity index (χ0) is 19.4. The number of piperidine rings is 1. The first-order valence-electron chi connectivity index (χ1n) is 9.30. The van der Waals surface area contributed by atoms with Gasteiger partial charge < -0.3 is 4.90 Å². The molecule has 0 aromatic heterocycles. The van der Waals surface area contributed by atoms with Gasteiger partial charge in [-0.25, -0.2) is 8.42 Å². The maximum Gasteiger partial charge on any atom is 0.264 e. The van der Waals surface area contributed by atoms with E-state index in [0.29, 0.717) is 24.7 Å². The van der Waals surface area contributed by atoms with Gasteiger partial charge in [-0.1, -0.05) is 42.8 Å². The highest BCUT2D eigenvalue weighted by Gasteiger charge is 2.30. The van der Waals surface area contributed by atoms with Crippen molar-refractivity contribution in [2.45, 2.75) is 31.6 Å². The van der Waals surface area contributed by atoms with E-state index in [2.05, 4.69) is 6.92 Å². The fourth-order valence-corrected chi connectivity index (χ4v) is 4.82. The number of carbonyl (C=O) groups is 1. The SMILES string of the molecule is Cc1ccc(N(CC(=O)N2CCC[C@H](C)C2)S(=O)(=O)c2ccccc2)cc1. The van der Waals surface area contributed by atoms with Crippen LogP contribution < -0.4 is 4.31 Å². The average Bonchev–Trinajstić information content (AvgIpc) is 2.67. The molecule has 0 aliphatic carbocycles. The average molecular weight is 387 g/mol. The molecule has 2 aromatic carbocycles. The van der Waals surface area contributed by atoms with Crippen LogP contribution in [0, 0.1) is 12.8 Å². The topological polar surface area (TPSA) is 57.7 Å². The molecule has 144 valence electrons. The van der Waals surface area contributed by atoms with Crippen LogP contribution in [0.25, 0.3) is 0 Å². The van der Waals surface area contributed by atoms with Gasteiger partial charge in [0.1, 0.15) is 6.54 Å². The number of rotatable bonds is 5. The molecule has 2 aromatic rings. The number of carbonyl (C=O) groups excluding carboxylic acids is 1. The third-order valence-corrected chi connectivity index (χ3v) is 6.73. The minimum absolute atomic E-state index is 0.151. The highest BCUT2D eigenvalue weighted by atomic mass is 32.2. The highest BCUT2D eigenvalue weighted by molar-refractivity contribution is 7.92. The standard InChI is InChI=1S/C21H26N2O3S/c1-17-10-12-19(13-11-17)23(27(25,26)20-8-4-3-5-9-20)16-21(24)22-14-6-7-18(2)15-22/h3-5,8-13,18H,6-7,14-16H2,1-2H3/t18-/m0/s1. The van der Waals surface area contributed by atoms with Crippen molar-refractivity contribution in [3.63, 3.8) is 0 Å². The zero-order valence-electron chi connectivity index (χ0n) is 15.8. The predicted octanol–water partition coefficient (Wildman–Crippen LogP) is 3.45. The van der Waals surface area contributed by atoms with Gasteiger partial charge in [-0.15, -0.1) is 0 Å². The summed E-state index contributed by atoms with van der Waals surface area (Å²) >= 11 is 0. The second kappa shape index (κ2) is 8.13. The Morgan fingerprint density at radius 1 is 1.11 bits per heavy atom. The van der Waals surface area contributed by atoms with Crippen molar-refractivity contribution in [2.75, 3.05) is 23.9 Å². The second-order valence-electron chi connectivity index (χ2n) is 7.25. The van der Waals surface area contributed by atoms with Gasteiger partial charge in [0.2, 0.25) is 5.91 Å². The molecular weight excluding hydrogens is 360 g/mol. The van der Waals surface area contributed by atoms with Gasteiger partial charge in [-0.3, -0.25) is 9.10 Å². The van der Waals surface area contributed by atoms with Gasteiger partial charge in [-0.2, -0.15) is 0 Å². The van der Waals surface area contributed by atoms with Crippen LogP contribution in [-0.2, 0) is 14.8 Å². The molecule has 1 saturated heterocycles. The molecule has 0 bridgehead atoms. The van der Waals surface area contributed by atoms with Gasteiger partial charge in [-0.05, 0) is 49.9 Å². The van der Waals surface area contributed by atoms with E-state index in [0.717, 1.165) is 18.4 Å². The van der Waals surface area contributed by atoms with E-state index in [-0.39, 0.29) is 17.3 Å². The van der Waals surface area contributed by atoms with Crippen LogP contribution in [-0.4, -0.2) is 38.9 Å². The lowest BCUT2D eigenvalue weighted by atomic mass is 10.0. The van der Waals surface area contributed by atoms with E-state index in [4.69, 9.17) is 0 Å². The number of amides is 1. The molecule has 27 heavy (non-hydrogen) atoms. The molecule has 1 atom stereocenters. The smallest absolute Gasteiger partial charge is 0.264 e. The lowest BCUT2D eigenvalue weighted by Gasteiger charge is -2.33. The Kier molecular flexibility index (Phi) is 5.85. The fourth-order valence-electron chi connectivity index (χ4n) is 3.38. The summed E-state index contributed by atoms with van der Waals surface area (Å²) in [7, 11) is -3.83. The molecular formula is C21H26N2O3S. The number of benzene rings is 2. The Morgan fingerprint density at radius 3 is 2.41 bits per heavy atom. The Hall–Kier alpha value is -2.34. The number of aryl methyl sites for hydroxylation is 1. The zero-order valence-corrected chi connectivity index (χ0v) is 16.7. The van der Waals surface area contributed by atoms with Crippen LogP contribution in [0.15, 0.2) is 59.5 Å². The van der Waals surface area contributed by atoms with E-state index in [1.165, 1.54) is 4.31 Å². The van der Waals surface area contributed by atoms with Gasteiger partial charge in [0, 0.05) is 13.1 Å². The molecule has 0 N–H and O–H groups in total. The first kappa shape index (κ1) is 19.4. The van der Waals surface area contributed by atoms with Crippen LogP contribution >= 0.6 is 0 Å². The third-order valence-electron chi connectivity index (χ3n) is 4.94. The molecule has 1 fully saturated rings.